The van der Waals surface area contributed by atoms with Crippen molar-refractivity contribution in [1.29, 1.82) is 0 Å². The summed E-state index contributed by atoms with van der Waals surface area (Å²) in [5.74, 6) is 0.802. The Hall–Kier alpha value is -5.19. The predicted molar refractivity (Wildman–Crippen MR) is 175 cm³/mol. The van der Waals surface area contributed by atoms with E-state index >= 15 is 0 Å². The standard InChI is InChI=1S/C33H31N7O2S/c1-40-27-11-4-3-8-22(27)16-28(40)33(41)39-38-26-13-12-21(17-29(26)42-2)25-20-43-31-23(18-37-32(34)30(25)31)9-7-14-35-19-24-10-5-6-15-36-24/h3-13,15-18,20,35,38H,14,19H2,1-2H3,(H2,34,37)(H,39,41)/b9-7+. The summed E-state index contributed by atoms with van der Waals surface area (Å²) in [5.41, 5.74) is 18.3. The highest BCUT2D eigenvalue weighted by Gasteiger charge is 2.17. The van der Waals surface area contributed by atoms with Crippen molar-refractivity contribution in [2.75, 3.05) is 24.8 Å². The first kappa shape index (κ1) is 28.0. The number of benzene rings is 2. The number of nitrogens with zero attached hydrogens (tertiary/aromatic N) is 3. The van der Waals surface area contributed by atoms with Crippen molar-refractivity contribution in [3.05, 3.63) is 108 Å². The third kappa shape index (κ3) is 5.78. The first-order valence-corrected chi connectivity index (χ1v) is 14.6. The number of para-hydroxylation sites is 1. The molecule has 10 heteroatoms. The molecule has 4 aromatic heterocycles. The Morgan fingerprint density at radius 2 is 1.95 bits per heavy atom. The molecule has 4 heterocycles. The molecule has 0 radical (unpaired) electrons. The Kier molecular flexibility index (Phi) is 8.03. The number of amides is 1. The number of hydrazine groups is 1. The molecule has 6 aromatic rings. The molecule has 0 aliphatic carbocycles. The zero-order valence-corrected chi connectivity index (χ0v) is 24.6. The van der Waals surface area contributed by atoms with Gasteiger partial charge in [-0.2, -0.15) is 0 Å². The second-order valence-electron chi connectivity index (χ2n) is 9.95. The van der Waals surface area contributed by atoms with E-state index in [9.17, 15) is 4.79 Å². The minimum Gasteiger partial charge on any atom is -0.494 e. The minimum absolute atomic E-state index is 0.250. The number of nitrogens with two attached hydrogens (primary N) is 1. The van der Waals surface area contributed by atoms with Crippen molar-refractivity contribution in [3.63, 3.8) is 0 Å². The lowest BCUT2D eigenvalue weighted by molar-refractivity contribution is 0.0955. The molecular formula is C33H31N7O2S. The van der Waals surface area contributed by atoms with Gasteiger partial charge in [-0.05, 0) is 47.3 Å². The quantitative estimate of drug-likeness (QED) is 0.114. The first-order valence-electron chi connectivity index (χ1n) is 13.8. The molecule has 43 heavy (non-hydrogen) atoms. The molecule has 216 valence electrons. The molecule has 0 spiro atoms. The fraction of sp³-hybridized carbons (Fsp3) is 0.121. The Morgan fingerprint density at radius 1 is 1.09 bits per heavy atom. The van der Waals surface area contributed by atoms with Crippen molar-refractivity contribution in [1.82, 2.24) is 25.3 Å². The average Bonchev–Trinajstić information content (AvgIpc) is 3.64. The number of aromatic nitrogens is 3. The summed E-state index contributed by atoms with van der Waals surface area (Å²) < 4.78 is 8.61. The van der Waals surface area contributed by atoms with Crippen LogP contribution >= 0.6 is 11.3 Å². The molecular weight excluding hydrogens is 558 g/mol. The number of nitrogens with one attached hydrogen (secondary N) is 3. The van der Waals surface area contributed by atoms with E-state index < -0.39 is 0 Å². The van der Waals surface area contributed by atoms with Gasteiger partial charge >= 0.3 is 0 Å². The number of carbonyl (C=O) groups is 1. The molecule has 2 aromatic carbocycles. The Balaban J connectivity index is 1.18. The predicted octanol–water partition coefficient (Wildman–Crippen LogP) is 6.00. The van der Waals surface area contributed by atoms with Gasteiger partial charge in [-0.15, -0.1) is 11.3 Å². The van der Waals surface area contributed by atoms with Crippen LogP contribution in [0.1, 0.15) is 21.7 Å². The summed E-state index contributed by atoms with van der Waals surface area (Å²) in [7, 11) is 3.47. The highest BCUT2D eigenvalue weighted by atomic mass is 32.1. The monoisotopic (exact) mass is 589 g/mol. The van der Waals surface area contributed by atoms with Crippen LogP contribution in [0.2, 0.25) is 0 Å². The number of aryl methyl sites for hydroxylation is 1. The van der Waals surface area contributed by atoms with Crippen LogP contribution in [0.5, 0.6) is 5.75 Å². The van der Waals surface area contributed by atoms with Gasteiger partial charge in [0.2, 0.25) is 0 Å². The number of fused-ring (bicyclic) bond motifs is 2. The third-order valence-electron chi connectivity index (χ3n) is 7.25. The van der Waals surface area contributed by atoms with Gasteiger partial charge in [-0.25, -0.2) is 4.98 Å². The van der Waals surface area contributed by atoms with Gasteiger partial charge in [0, 0.05) is 64.6 Å². The van der Waals surface area contributed by atoms with Gasteiger partial charge in [0.25, 0.3) is 5.91 Å². The summed E-state index contributed by atoms with van der Waals surface area (Å²) in [6.07, 6.45) is 7.74. The van der Waals surface area contributed by atoms with E-state index in [0.29, 0.717) is 36.0 Å². The summed E-state index contributed by atoms with van der Waals surface area (Å²) in [5, 5.41) is 7.37. The van der Waals surface area contributed by atoms with E-state index in [1.54, 1.807) is 30.8 Å². The smallest absolute Gasteiger partial charge is 0.286 e. The fourth-order valence-electron chi connectivity index (χ4n) is 5.05. The number of methoxy groups -OCH3 is 1. The highest BCUT2D eigenvalue weighted by Crippen LogP contribution is 2.41. The maximum Gasteiger partial charge on any atom is 0.286 e. The second-order valence-corrected chi connectivity index (χ2v) is 10.8. The molecule has 0 bridgehead atoms. The lowest BCUT2D eigenvalue weighted by atomic mass is 10.0. The average molecular weight is 590 g/mol. The molecule has 9 nitrogen and oxygen atoms in total. The van der Waals surface area contributed by atoms with E-state index in [1.165, 1.54) is 0 Å². The number of hydrogen-bond acceptors (Lipinski definition) is 8. The number of nitrogen functional groups attached to an aromatic ring is 1. The van der Waals surface area contributed by atoms with Gasteiger partial charge in [-0.1, -0.05) is 42.5 Å². The van der Waals surface area contributed by atoms with E-state index in [4.69, 9.17) is 10.5 Å². The summed E-state index contributed by atoms with van der Waals surface area (Å²) >= 11 is 1.63. The topological polar surface area (TPSA) is 119 Å². The fourth-order valence-corrected chi connectivity index (χ4v) is 6.13. The van der Waals surface area contributed by atoms with Crippen molar-refractivity contribution in [2.45, 2.75) is 6.54 Å². The van der Waals surface area contributed by atoms with Crippen LogP contribution in [0.3, 0.4) is 0 Å². The molecule has 0 unspecified atom stereocenters. The zero-order valence-electron chi connectivity index (χ0n) is 23.8. The number of ether oxygens (including phenoxy) is 1. The van der Waals surface area contributed by atoms with E-state index in [1.807, 2.05) is 78.3 Å². The maximum absolute atomic E-state index is 13.0. The summed E-state index contributed by atoms with van der Waals surface area (Å²) in [4.78, 5) is 21.8. The number of anilines is 2. The van der Waals surface area contributed by atoms with E-state index in [0.717, 1.165) is 43.4 Å². The molecule has 0 fully saturated rings. The van der Waals surface area contributed by atoms with Crippen LogP contribution in [0.4, 0.5) is 11.5 Å². The van der Waals surface area contributed by atoms with E-state index in [-0.39, 0.29) is 5.91 Å². The van der Waals surface area contributed by atoms with Crippen molar-refractivity contribution in [2.24, 2.45) is 7.05 Å². The van der Waals surface area contributed by atoms with Gasteiger partial charge in [0.05, 0.1) is 18.5 Å². The number of thiophene rings is 1. The molecule has 0 aliphatic heterocycles. The first-order chi connectivity index (χ1) is 21.0. The van der Waals surface area contributed by atoms with Gasteiger partial charge < -0.3 is 20.4 Å². The van der Waals surface area contributed by atoms with Crippen LogP contribution in [-0.2, 0) is 13.6 Å². The molecule has 0 atom stereocenters. The Bertz CT molecular complexity index is 1950. The van der Waals surface area contributed by atoms with Crippen molar-refractivity contribution < 1.29 is 9.53 Å². The Labute approximate surface area is 253 Å². The lowest BCUT2D eigenvalue weighted by Crippen LogP contribution is -2.30. The van der Waals surface area contributed by atoms with Crippen LogP contribution in [0, 0.1) is 0 Å². The van der Waals surface area contributed by atoms with Crippen LogP contribution in [-0.4, -0.2) is 34.1 Å². The number of carbonyl (C=O) groups excluding carboxylic acids is 1. The lowest BCUT2D eigenvalue weighted by Gasteiger charge is -2.14. The van der Waals surface area contributed by atoms with Gasteiger partial charge in [-0.3, -0.25) is 20.6 Å². The second kappa shape index (κ2) is 12.4. The third-order valence-corrected chi connectivity index (χ3v) is 8.28. The zero-order chi connectivity index (χ0) is 29.8. The van der Waals surface area contributed by atoms with Crippen LogP contribution < -0.4 is 26.6 Å². The number of pyridine rings is 2. The minimum atomic E-state index is -0.250. The summed E-state index contributed by atoms with van der Waals surface area (Å²) in [6.45, 7) is 1.40. The number of hydrogen-bond donors (Lipinski definition) is 4. The van der Waals surface area contributed by atoms with Gasteiger partial charge in [0.15, 0.2) is 0 Å². The maximum atomic E-state index is 13.0. The SMILES string of the molecule is COc1cc(-c2csc3c(/C=C/CNCc4ccccn4)cnc(N)c23)ccc1NNC(=O)c1cc2ccccc2n1C. The molecule has 5 N–H and O–H groups in total. The van der Waals surface area contributed by atoms with Crippen molar-refractivity contribution >= 4 is 55.8 Å². The largest absolute Gasteiger partial charge is 0.494 e. The molecule has 6 rings (SSSR count). The van der Waals surface area contributed by atoms with Crippen molar-refractivity contribution in [3.8, 4) is 16.9 Å². The molecule has 1 amide bonds. The van der Waals surface area contributed by atoms with E-state index in [2.05, 4.69) is 43.7 Å². The Morgan fingerprint density at radius 3 is 2.77 bits per heavy atom. The number of rotatable bonds is 10. The van der Waals surface area contributed by atoms with Crippen LogP contribution in [0.25, 0.3) is 38.2 Å². The molecule has 0 aliphatic rings. The van der Waals surface area contributed by atoms with Crippen LogP contribution in [0.15, 0.2) is 90.6 Å². The summed E-state index contributed by atoms with van der Waals surface area (Å²) in [6, 6.07) is 21.4. The van der Waals surface area contributed by atoms with Gasteiger partial charge in [0.1, 0.15) is 17.3 Å². The highest BCUT2D eigenvalue weighted by molar-refractivity contribution is 7.18. The molecule has 0 saturated carbocycles. The molecule has 0 saturated heterocycles. The normalized spacial score (nSPS) is 11.4.